The van der Waals surface area contributed by atoms with E-state index in [4.69, 9.17) is 15.1 Å². The van der Waals surface area contributed by atoms with Crippen molar-refractivity contribution >= 4 is 0 Å². The monoisotopic (exact) mass is 223 g/mol. The first-order valence-corrected chi connectivity index (χ1v) is 5.51. The third kappa shape index (κ3) is 2.59. The first kappa shape index (κ1) is 11.5. The molecule has 16 heavy (non-hydrogen) atoms. The van der Waals surface area contributed by atoms with E-state index in [0.717, 1.165) is 5.56 Å². The normalized spacial score (nSPS) is 26.1. The number of hydrogen-bond acceptors (Lipinski definition) is 4. The Morgan fingerprint density at radius 3 is 2.50 bits per heavy atom. The maximum atomic E-state index is 9.13. The quantitative estimate of drug-likeness (QED) is 0.776. The molecule has 2 rings (SSSR count). The van der Waals surface area contributed by atoms with Gasteiger partial charge in [-0.15, -0.1) is 0 Å². The Hall–Kier alpha value is -0.940. The minimum absolute atomic E-state index is 0.00807. The molecule has 1 heterocycles. The SMILES string of the molecule is OC[C@@H]1CN(Cc2ccccc2)O[C@H]1CO. The third-order valence-electron chi connectivity index (χ3n) is 2.86. The summed E-state index contributed by atoms with van der Waals surface area (Å²) < 4.78 is 0. The standard InChI is InChI=1S/C12H17NO3/c14-8-11-7-13(16-12(11)9-15)6-10-4-2-1-3-5-10/h1-5,11-12,14-15H,6-9H2/t11-,12-/m0/s1. The van der Waals surface area contributed by atoms with Crippen LogP contribution in [-0.4, -0.2) is 41.1 Å². The van der Waals surface area contributed by atoms with E-state index < -0.39 is 0 Å². The molecular weight excluding hydrogens is 206 g/mol. The van der Waals surface area contributed by atoms with Crippen LogP contribution >= 0.6 is 0 Å². The smallest absolute Gasteiger partial charge is 0.109 e. The molecule has 1 aliphatic heterocycles. The van der Waals surface area contributed by atoms with Crippen molar-refractivity contribution in [1.29, 1.82) is 0 Å². The summed E-state index contributed by atoms with van der Waals surface area (Å²) in [5, 5.41) is 20.0. The molecule has 2 atom stereocenters. The van der Waals surface area contributed by atoms with Crippen LogP contribution in [0.15, 0.2) is 30.3 Å². The first-order valence-electron chi connectivity index (χ1n) is 5.51. The van der Waals surface area contributed by atoms with Gasteiger partial charge in [0.05, 0.1) is 6.61 Å². The molecular formula is C12H17NO3. The molecule has 88 valence electrons. The number of aliphatic hydroxyl groups is 2. The van der Waals surface area contributed by atoms with Crippen LogP contribution in [-0.2, 0) is 11.4 Å². The summed E-state index contributed by atoms with van der Waals surface area (Å²) in [6.45, 7) is 1.36. The fraction of sp³-hybridized carbons (Fsp3) is 0.500. The molecule has 1 saturated heterocycles. The number of hydrogen-bond donors (Lipinski definition) is 2. The zero-order chi connectivity index (χ0) is 11.4. The van der Waals surface area contributed by atoms with E-state index in [-0.39, 0.29) is 25.2 Å². The molecule has 0 spiro atoms. The van der Waals surface area contributed by atoms with Gasteiger partial charge in [-0.2, -0.15) is 5.06 Å². The van der Waals surface area contributed by atoms with Crippen LogP contribution in [0.3, 0.4) is 0 Å². The first-order chi connectivity index (χ1) is 7.83. The van der Waals surface area contributed by atoms with E-state index in [1.807, 2.05) is 30.3 Å². The fourth-order valence-corrected chi connectivity index (χ4v) is 1.95. The van der Waals surface area contributed by atoms with E-state index in [9.17, 15) is 0 Å². The van der Waals surface area contributed by atoms with Crippen molar-refractivity contribution in [2.24, 2.45) is 5.92 Å². The lowest BCUT2D eigenvalue weighted by atomic mass is 10.1. The Morgan fingerprint density at radius 2 is 1.94 bits per heavy atom. The summed E-state index contributed by atoms with van der Waals surface area (Å²) in [5.41, 5.74) is 1.16. The average Bonchev–Trinajstić information content (AvgIpc) is 2.72. The fourth-order valence-electron chi connectivity index (χ4n) is 1.95. The highest BCUT2D eigenvalue weighted by atomic mass is 16.7. The second-order valence-electron chi connectivity index (χ2n) is 4.08. The molecule has 1 aromatic rings. The summed E-state index contributed by atoms with van der Waals surface area (Å²) in [7, 11) is 0. The highest BCUT2D eigenvalue weighted by Gasteiger charge is 2.32. The molecule has 2 N–H and O–H groups in total. The van der Waals surface area contributed by atoms with Crippen LogP contribution in [0.2, 0.25) is 0 Å². The van der Waals surface area contributed by atoms with Gasteiger partial charge in [0.2, 0.25) is 0 Å². The van der Waals surface area contributed by atoms with Gasteiger partial charge in [-0.05, 0) is 5.56 Å². The Balaban J connectivity index is 1.93. The van der Waals surface area contributed by atoms with Crippen LogP contribution in [0.5, 0.6) is 0 Å². The van der Waals surface area contributed by atoms with Gasteiger partial charge < -0.3 is 10.2 Å². The highest BCUT2D eigenvalue weighted by Crippen LogP contribution is 2.21. The molecule has 1 fully saturated rings. The zero-order valence-corrected chi connectivity index (χ0v) is 9.12. The molecule has 4 heteroatoms. The van der Waals surface area contributed by atoms with Gasteiger partial charge in [0.25, 0.3) is 0 Å². The second-order valence-corrected chi connectivity index (χ2v) is 4.08. The van der Waals surface area contributed by atoms with Gasteiger partial charge in [0.15, 0.2) is 0 Å². The Bertz CT molecular complexity index is 305. The molecule has 0 amide bonds. The Morgan fingerprint density at radius 1 is 1.19 bits per heavy atom. The van der Waals surface area contributed by atoms with Gasteiger partial charge >= 0.3 is 0 Å². The van der Waals surface area contributed by atoms with Gasteiger partial charge in [-0.3, -0.25) is 4.84 Å². The van der Waals surface area contributed by atoms with Crippen LogP contribution in [0.25, 0.3) is 0 Å². The Labute approximate surface area is 95.0 Å². The lowest BCUT2D eigenvalue weighted by Gasteiger charge is -2.15. The number of nitrogens with zero attached hydrogens (tertiary/aromatic N) is 1. The van der Waals surface area contributed by atoms with Crippen molar-refractivity contribution in [3.05, 3.63) is 35.9 Å². The van der Waals surface area contributed by atoms with E-state index >= 15 is 0 Å². The van der Waals surface area contributed by atoms with Crippen molar-refractivity contribution in [3.8, 4) is 0 Å². The maximum Gasteiger partial charge on any atom is 0.109 e. The topological polar surface area (TPSA) is 52.9 Å². The maximum absolute atomic E-state index is 9.13. The summed E-state index contributed by atoms with van der Waals surface area (Å²) in [5.74, 6) is 0.00807. The minimum Gasteiger partial charge on any atom is -0.396 e. The molecule has 4 nitrogen and oxygen atoms in total. The summed E-state index contributed by atoms with van der Waals surface area (Å²) in [6.07, 6.45) is -0.270. The minimum atomic E-state index is -0.270. The molecule has 0 aliphatic carbocycles. The number of rotatable bonds is 4. The number of aliphatic hydroxyl groups excluding tert-OH is 2. The van der Waals surface area contributed by atoms with Crippen LogP contribution < -0.4 is 0 Å². The molecule has 1 aromatic carbocycles. The van der Waals surface area contributed by atoms with Gasteiger partial charge in [-0.25, -0.2) is 0 Å². The summed E-state index contributed by atoms with van der Waals surface area (Å²) >= 11 is 0. The van der Waals surface area contributed by atoms with E-state index in [1.165, 1.54) is 0 Å². The van der Waals surface area contributed by atoms with Crippen molar-refractivity contribution in [2.45, 2.75) is 12.6 Å². The molecule has 0 radical (unpaired) electrons. The van der Waals surface area contributed by atoms with E-state index in [1.54, 1.807) is 5.06 Å². The van der Waals surface area contributed by atoms with Crippen LogP contribution in [0, 0.1) is 5.92 Å². The van der Waals surface area contributed by atoms with Gasteiger partial charge in [-0.1, -0.05) is 30.3 Å². The lowest BCUT2D eigenvalue weighted by molar-refractivity contribution is -0.163. The molecule has 0 saturated carbocycles. The lowest BCUT2D eigenvalue weighted by Crippen LogP contribution is -2.24. The Kier molecular flexibility index (Phi) is 3.90. The second kappa shape index (κ2) is 5.41. The highest BCUT2D eigenvalue weighted by molar-refractivity contribution is 5.14. The van der Waals surface area contributed by atoms with Crippen molar-refractivity contribution in [1.82, 2.24) is 5.06 Å². The molecule has 0 unspecified atom stereocenters. The van der Waals surface area contributed by atoms with Crippen molar-refractivity contribution < 1.29 is 15.1 Å². The van der Waals surface area contributed by atoms with Gasteiger partial charge in [0, 0.05) is 25.6 Å². The zero-order valence-electron chi connectivity index (χ0n) is 9.12. The molecule has 0 bridgehead atoms. The molecule has 1 aliphatic rings. The molecule has 0 aromatic heterocycles. The van der Waals surface area contributed by atoms with Crippen LogP contribution in [0.1, 0.15) is 5.56 Å². The van der Waals surface area contributed by atoms with Gasteiger partial charge in [0.1, 0.15) is 6.10 Å². The number of benzene rings is 1. The summed E-state index contributed by atoms with van der Waals surface area (Å²) in [6, 6.07) is 10.0. The largest absolute Gasteiger partial charge is 0.396 e. The predicted octanol–water partition coefficient (Wildman–Crippen LogP) is 0.403. The van der Waals surface area contributed by atoms with Crippen LogP contribution in [0.4, 0.5) is 0 Å². The van der Waals surface area contributed by atoms with Crippen molar-refractivity contribution in [2.75, 3.05) is 19.8 Å². The third-order valence-corrected chi connectivity index (χ3v) is 2.86. The predicted molar refractivity (Wildman–Crippen MR) is 59.4 cm³/mol. The van der Waals surface area contributed by atoms with E-state index in [2.05, 4.69) is 0 Å². The van der Waals surface area contributed by atoms with Crippen molar-refractivity contribution in [3.63, 3.8) is 0 Å². The van der Waals surface area contributed by atoms with E-state index in [0.29, 0.717) is 13.1 Å². The average molecular weight is 223 g/mol. The summed E-state index contributed by atoms with van der Waals surface area (Å²) in [4.78, 5) is 5.54. The number of hydroxylamine groups is 2.